The molecule has 0 spiro atoms. The molecule has 1 aliphatic heterocycles. The van der Waals surface area contributed by atoms with E-state index in [2.05, 4.69) is 45.2 Å². The molecule has 222 valence electrons. The molecule has 0 saturated heterocycles. The number of halogens is 2. The second kappa shape index (κ2) is 13.8. The van der Waals surface area contributed by atoms with Crippen molar-refractivity contribution in [3.63, 3.8) is 0 Å². The number of benzene rings is 3. The number of ether oxygens (including phenoxy) is 3. The number of carbonyl (C=O) groups excluding carboxylic acids is 1. The lowest BCUT2D eigenvalue weighted by molar-refractivity contribution is -0.143. The SMILES string of the molecule is CCOc1ccc([C@@H]2C(C(=O)OC(C)C)=C(C)N=c3s/c(=C/c4cc(I)cc(I)c4OCc4ccccc4)c(=O)n32)cc1. The van der Waals surface area contributed by atoms with Crippen LogP contribution in [0.4, 0.5) is 0 Å². The highest BCUT2D eigenvalue weighted by Crippen LogP contribution is 2.33. The van der Waals surface area contributed by atoms with Gasteiger partial charge in [-0.05, 0) is 114 Å². The number of nitrogens with zero attached hydrogens (tertiary/aromatic N) is 2. The molecule has 1 atom stereocenters. The van der Waals surface area contributed by atoms with Gasteiger partial charge in [0.2, 0.25) is 0 Å². The van der Waals surface area contributed by atoms with Crippen LogP contribution in [0.5, 0.6) is 11.5 Å². The van der Waals surface area contributed by atoms with E-state index >= 15 is 0 Å². The van der Waals surface area contributed by atoms with Crippen LogP contribution in [0.2, 0.25) is 0 Å². The summed E-state index contributed by atoms with van der Waals surface area (Å²) in [6.45, 7) is 8.24. The average Bonchev–Trinajstić information content (AvgIpc) is 3.26. The Kier molecular flexibility index (Phi) is 10.1. The first-order chi connectivity index (χ1) is 20.7. The quantitative estimate of drug-likeness (QED) is 0.145. The molecule has 0 fully saturated rings. The number of carbonyl (C=O) groups is 1. The third-order valence-electron chi connectivity index (χ3n) is 6.64. The number of aromatic nitrogens is 1. The number of fused-ring (bicyclic) bond motifs is 1. The number of rotatable bonds is 9. The van der Waals surface area contributed by atoms with Crippen molar-refractivity contribution in [3.05, 3.63) is 122 Å². The van der Waals surface area contributed by atoms with Crippen molar-refractivity contribution in [1.82, 2.24) is 4.57 Å². The summed E-state index contributed by atoms with van der Waals surface area (Å²) in [5.74, 6) is 0.923. The molecule has 0 N–H and O–H groups in total. The van der Waals surface area contributed by atoms with Gasteiger partial charge in [-0.2, -0.15) is 0 Å². The van der Waals surface area contributed by atoms with Crippen LogP contribution in [0.15, 0.2) is 87.8 Å². The number of hydrogen-bond acceptors (Lipinski definition) is 7. The van der Waals surface area contributed by atoms with Crippen molar-refractivity contribution in [1.29, 1.82) is 0 Å². The molecule has 0 aliphatic carbocycles. The Morgan fingerprint density at radius 3 is 2.47 bits per heavy atom. The van der Waals surface area contributed by atoms with Gasteiger partial charge in [0, 0.05) is 9.13 Å². The standard InChI is InChI=1S/C33H30I2N2O5S/c1-5-40-25-13-11-22(12-14-25)29-28(32(39)42-19(2)3)20(4)36-33-37(29)31(38)27(43-33)16-23-15-24(34)17-26(35)30(23)41-18-21-9-7-6-8-10-21/h6-17,19,29H,5,18H2,1-4H3/b27-16+/t29-/m1/s1. The first-order valence-electron chi connectivity index (χ1n) is 13.8. The lowest BCUT2D eigenvalue weighted by Crippen LogP contribution is -2.40. The van der Waals surface area contributed by atoms with Gasteiger partial charge >= 0.3 is 5.97 Å². The van der Waals surface area contributed by atoms with E-state index in [1.165, 1.54) is 11.3 Å². The summed E-state index contributed by atoms with van der Waals surface area (Å²) in [6, 6.07) is 20.8. The van der Waals surface area contributed by atoms with Gasteiger partial charge in [-0.15, -0.1) is 0 Å². The van der Waals surface area contributed by atoms with Crippen LogP contribution < -0.4 is 24.4 Å². The Labute approximate surface area is 281 Å². The molecule has 3 aromatic carbocycles. The highest BCUT2D eigenvalue weighted by atomic mass is 127. The van der Waals surface area contributed by atoms with Gasteiger partial charge in [0.05, 0.1) is 38.1 Å². The van der Waals surface area contributed by atoms with Crippen LogP contribution in [0, 0.1) is 7.14 Å². The molecule has 1 aliphatic rings. The molecule has 0 bridgehead atoms. The van der Waals surface area contributed by atoms with Crippen LogP contribution in [0.25, 0.3) is 6.08 Å². The molecular weight excluding hydrogens is 790 g/mol. The summed E-state index contributed by atoms with van der Waals surface area (Å²) < 4.78 is 21.6. The second-order valence-electron chi connectivity index (χ2n) is 10.1. The maximum Gasteiger partial charge on any atom is 0.338 e. The smallest absolute Gasteiger partial charge is 0.338 e. The molecule has 2 heterocycles. The van der Waals surface area contributed by atoms with Crippen LogP contribution >= 0.6 is 56.5 Å². The van der Waals surface area contributed by atoms with Gasteiger partial charge in [0.1, 0.15) is 18.1 Å². The Morgan fingerprint density at radius 2 is 1.79 bits per heavy atom. The van der Waals surface area contributed by atoms with Crippen molar-refractivity contribution in [2.24, 2.45) is 4.99 Å². The Morgan fingerprint density at radius 1 is 1.07 bits per heavy atom. The zero-order valence-corrected chi connectivity index (χ0v) is 29.2. The van der Waals surface area contributed by atoms with Crippen molar-refractivity contribution in [3.8, 4) is 11.5 Å². The first-order valence-corrected chi connectivity index (χ1v) is 16.8. The fourth-order valence-electron chi connectivity index (χ4n) is 4.80. The lowest BCUT2D eigenvalue weighted by Gasteiger charge is -2.25. The number of hydrogen-bond donors (Lipinski definition) is 0. The Balaban J connectivity index is 1.64. The minimum absolute atomic E-state index is 0.243. The molecule has 5 rings (SSSR count). The van der Waals surface area contributed by atoms with Crippen molar-refractivity contribution in [2.45, 2.75) is 46.4 Å². The summed E-state index contributed by atoms with van der Waals surface area (Å²) in [7, 11) is 0. The van der Waals surface area contributed by atoms with Gasteiger partial charge < -0.3 is 14.2 Å². The topological polar surface area (TPSA) is 79.1 Å². The van der Waals surface area contributed by atoms with E-state index < -0.39 is 12.0 Å². The van der Waals surface area contributed by atoms with E-state index in [-0.39, 0.29) is 11.7 Å². The fourth-order valence-corrected chi connectivity index (χ4v) is 7.88. The molecule has 0 amide bonds. The number of allylic oxidation sites excluding steroid dienone is 1. The van der Waals surface area contributed by atoms with Crippen LogP contribution in [-0.2, 0) is 16.1 Å². The van der Waals surface area contributed by atoms with Crippen molar-refractivity contribution < 1.29 is 19.0 Å². The summed E-state index contributed by atoms with van der Waals surface area (Å²) in [4.78, 5) is 32.8. The van der Waals surface area contributed by atoms with Gasteiger partial charge in [-0.1, -0.05) is 53.8 Å². The van der Waals surface area contributed by atoms with Gasteiger partial charge in [0.25, 0.3) is 5.56 Å². The molecule has 10 heteroatoms. The maximum absolute atomic E-state index is 14.2. The van der Waals surface area contributed by atoms with Crippen LogP contribution in [-0.4, -0.2) is 23.2 Å². The van der Waals surface area contributed by atoms with Gasteiger partial charge in [-0.25, -0.2) is 9.79 Å². The normalized spacial score (nSPS) is 14.9. The third-order valence-corrected chi connectivity index (χ3v) is 9.05. The van der Waals surface area contributed by atoms with Gasteiger partial charge in [-0.3, -0.25) is 9.36 Å². The van der Waals surface area contributed by atoms with E-state index in [0.29, 0.717) is 45.3 Å². The predicted molar refractivity (Wildman–Crippen MR) is 185 cm³/mol. The van der Waals surface area contributed by atoms with Crippen LogP contribution in [0.3, 0.4) is 0 Å². The maximum atomic E-state index is 14.2. The molecule has 7 nitrogen and oxygen atoms in total. The number of thiazole rings is 1. The zero-order valence-electron chi connectivity index (χ0n) is 24.1. The predicted octanol–water partition coefficient (Wildman–Crippen LogP) is 6.37. The summed E-state index contributed by atoms with van der Waals surface area (Å²) in [6.07, 6.45) is 1.53. The first kappa shape index (κ1) is 31.5. The van der Waals surface area contributed by atoms with E-state index in [0.717, 1.165) is 23.8 Å². The fraction of sp³-hybridized carbons (Fsp3) is 0.242. The summed E-state index contributed by atoms with van der Waals surface area (Å²) in [5.41, 5.74) is 3.23. The molecular formula is C33H30I2N2O5S. The molecule has 1 aromatic heterocycles. The molecule has 0 unspecified atom stereocenters. The van der Waals surface area contributed by atoms with Crippen molar-refractivity contribution >= 4 is 68.6 Å². The molecule has 0 saturated carbocycles. The molecule has 43 heavy (non-hydrogen) atoms. The van der Waals surface area contributed by atoms with Crippen molar-refractivity contribution in [2.75, 3.05) is 6.61 Å². The summed E-state index contributed by atoms with van der Waals surface area (Å²) >= 11 is 5.83. The lowest BCUT2D eigenvalue weighted by atomic mass is 9.96. The van der Waals surface area contributed by atoms with E-state index in [4.69, 9.17) is 19.2 Å². The third kappa shape index (κ3) is 7.07. The van der Waals surface area contributed by atoms with E-state index in [1.54, 1.807) is 25.3 Å². The Bertz CT molecular complexity index is 1860. The van der Waals surface area contributed by atoms with Crippen LogP contribution in [0.1, 0.15) is 50.4 Å². The van der Waals surface area contributed by atoms with E-state index in [9.17, 15) is 9.59 Å². The molecule has 4 aromatic rings. The average molecular weight is 820 g/mol. The highest BCUT2D eigenvalue weighted by Gasteiger charge is 2.34. The minimum atomic E-state index is -0.704. The minimum Gasteiger partial charge on any atom is -0.494 e. The summed E-state index contributed by atoms with van der Waals surface area (Å²) in [5, 5.41) is 0. The van der Waals surface area contributed by atoms with Gasteiger partial charge in [0.15, 0.2) is 4.80 Å². The monoisotopic (exact) mass is 820 g/mol. The molecule has 0 radical (unpaired) electrons. The highest BCUT2D eigenvalue weighted by molar-refractivity contribution is 14.1. The second-order valence-corrected chi connectivity index (χ2v) is 13.5. The van der Waals surface area contributed by atoms with E-state index in [1.807, 2.05) is 79.7 Å². The zero-order chi connectivity index (χ0) is 30.7. The Hall–Kier alpha value is -2.97. The largest absolute Gasteiger partial charge is 0.494 e. The number of esters is 1.